The van der Waals surface area contributed by atoms with Gasteiger partial charge in [-0.3, -0.25) is 9.59 Å². The van der Waals surface area contributed by atoms with E-state index in [4.69, 9.17) is 9.84 Å². The predicted octanol–water partition coefficient (Wildman–Crippen LogP) is 6.66. The highest BCUT2D eigenvalue weighted by molar-refractivity contribution is 7.99. The van der Waals surface area contributed by atoms with Crippen molar-refractivity contribution in [2.75, 3.05) is 18.1 Å². The van der Waals surface area contributed by atoms with E-state index >= 15 is 0 Å². The van der Waals surface area contributed by atoms with Crippen molar-refractivity contribution in [2.45, 2.75) is 89.9 Å². The van der Waals surface area contributed by atoms with Crippen LogP contribution in [-0.4, -0.2) is 35.2 Å². The Morgan fingerprint density at radius 1 is 0.733 bits per heavy atom. The summed E-state index contributed by atoms with van der Waals surface area (Å²) in [6.45, 7) is 0.515. The van der Waals surface area contributed by atoms with Crippen LogP contribution >= 0.6 is 11.8 Å². The molecule has 170 valence electrons. The van der Waals surface area contributed by atoms with Gasteiger partial charge < -0.3 is 9.84 Å². The second-order valence-corrected chi connectivity index (χ2v) is 9.08. The van der Waals surface area contributed by atoms with E-state index in [2.05, 4.69) is 30.3 Å². The average Bonchev–Trinajstić information content (AvgIpc) is 2.74. The number of rotatable bonds is 20. The summed E-state index contributed by atoms with van der Waals surface area (Å²) in [6, 6.07) is 10.8. The first-order chi connectivity index (χ1) is 14.7. The van der Waals surface area contributed by atoms with Gasteiger partial charge in [0.15, 0.2) is 0 Å². The van der Waals surface area contributed by atoms with Crippen molar-refractivity contribution in [2.24, 2.45) is 0 Å². The Kier molecular flexibility index (Phi) is 17.2. The van der Waals surface area contributed by atoms with Crippen molar-refractivity contribution >= 4 is 23.7 Å². The fourth-order valence-electron chi connectivity index (χ4n) is 3.34. The maximum atomic E-state index is 11.6. The molecule has 0 saturated carbocycles. The van der Waals surface area contributed by atoms with E-state index in [1.165, 1.54) is 81.5 Å². The quantitative estimate of drug-likeness (QED) is 0.183. The molecule has 1 rings (SSSR count). The molecule has 0 amide bonds. The standard InChI is InChI=1S/C25H40O4S/c26-24(27)18-21-30-22-19-25(28)29-20-14-9-7-5-3-1-2-4-6-8-11-15-23-16-12-10-13-17-23/h10,12-13,16-17H,1-9,11,14-15,18-22H2,(H,26,27). The molecule has 0 unspecified atom stereocenters. The Morgan fingerprint density at radius 3 is 1.87 bits per heavy atom. The number of ether oxygens (including phenoxy) is 1. The van der Waals surface area contributed by atoms with E-state index in [9.17, 15) is 9.59 Å². The molecule has 0 radical (unpaired) electrons. The lowest BCUT2D eigenvalue weighted by Gasteiger charge is -2.05. The van der Waals surface area contributed by atoms with E-state index in [1.807, 2.05) is 0 Å². The van der Waals surface area contributed by atoms with E-state index in [0.717, 1.165) is 12.8 Å². The molecule has 0 heterocycles. The first-order valence-electron chi connectivity index (χ1n) is 11.7. The molecule has 1 aromatic rings. The summed E-state index contributed by atoms with van der Waals surface area (Å²) in [5.74, 6) is 0.233. The molecular weight excluding hydrogens is 396 g/mol. The van der Waals surface area contributed by atoms with Crippen molar-refractivity contribution in [3.05, 3.63) is 35.9 Å². The second kappa shape index (κ2) is 19.5. The molecule has 0 aliphatic heterocycles. The molecule has 0 atom stereocenters. The highest BCUT2D eigenvalue weighted by Crippen LogP contribution is 2.13. The van der Waals surface area contributed by atoms with Gasteiger partial charge >= 0.3 is 11.9 Å². The Bertz CT molecular complexity index is 547. The first kappa shape index (κ1) is 26.5. The minimum absolute atomic E-state index is 0.147. The van der Waals surface area contributed by atoms with Crippen LogP contribution in [0.4, 0.5) is 0 Å². The van der Waals surface area contributed by atoms with Crippen LogP contribution in [0, 0.1) is 0 Å². The van der Waals surface area contributed by atoms with Crippen molar-refractivity contribution in [1.29, 1.82) is 0 Å². The Morgan fingerprint density at radius 2 is 1.27 bits per heavy atom. The minimum atomic E-state index is -0.792. The van der Waals surface area contributed by atoms with Gasteiger partial charge in [0, 0.05) is 11.5 Å². The van der Waals surface area contributed by atoms with Crippen molar-refractivity contribution < 1.29 is 19.4 Å². The molecule has 0 aromatic heterocycles. The summed E-state index contributed by atoms with van der Waals surface area (Å²) in [5.41, 5.74) is 1.46. The number of aryl methyl sites for hydroxylation is 1. The zero-order valence-electron chi connectivity index (χ0n) is 18.5. The maximum Gasteiger partial charge on any atom is 0.306 e. The molecule has 1 N–H and O–H groups in total. The van der Waals surface area contributed by atoms with E-state index in [1.54, 1.807) is 0 Å². The van der Waals surface area contributed by atoms with Gasteiger partial charge in [-0.15, -0.1) is 0 Å². The molecular formula is C25H40O4S. The summed E-state index contributed by atoms with van der Waals surface area (Å²) in [5, 5.41) is 8.54. The zero-order valence-corrected chi connectivity index (χ0v) is 19.3. The van der Waals surface area contributed by atoms with Crippen molar-refractivity contribution in [1.82, 2.24) is 0 Å². The average molecular weight is 437 g/mol. The molecule has 0 spiro atoms. The van der Waals surface area contributed by atoms with Gasteiger partial charge in [-0.25, -0.2) is 0 Å². The number of carboxylic acid groups (broad SMARTS) is 1. The third kappa shape index (κ3) is 17.4. The second-order valence-electron chi connectivity index (χ2n) is 7.85. The topological polar surface area (TPSA) is 63.6 Å². The number of carbonyl (C=O) groups is 2. The summed E-state index contributed by atoms with van der Waals surface area (Å²) in [6.07, 6.45) is 15.7. The van der Waals surface area contributed by atoms with Gasteiger partial charge in [0.2, 0.25) is 0 Å². The predicted molar refractivity (Wildman–Crippen MR) is 126 cm³/mol. The largest absolute Gasteiger partial charge is 0.481 e. The molecule has 0 fully saturated rings. The number of aliphatic carboxylic acids is 1. The number of carboxylic acids is 1. The summed E-state index contributed by atoms with van der Waals surface area (Å²) in [4.78, 5) is 21.9. The van der Waals surface area contributed by atoms with E-state index < -0.39 is 5.97 Å². The summed E-state index contributed by atoms with van der Waals surface area (Å²) < 4.78 is 5.22. The third-order valence-electron chi connectivity index (χ3n) is 5.13. The fraction of sp³-hybridized carbons (Fsp3) is 0.680. The van der Waals surface area contributed by atoms with Crippen LogP contribution in [0.5, 0.6) is 0 Å². The normalized spacial score (nSPS) is 10.8. The van der Waals surface area contributed by atoms with Gasteiger partial charge in [-0.2, -0.15) is 11.8 Å². The zero-order chi connectivity index (χ0) is 21.7. The molecule has 0 aliphatic rings. The molecule has 0 bridgehead atoms. The van der Waals surface area contributed by atoms with Crippen LogP contribution in [0.1, 0.15) is 89.0 Å². The van der Waals surface area contributed by atoms with Crippen LogP contribution in [0.3, 0.4) is 0 Å². The van der Waals surface area contributed by atoms with E-state index in [0.29, 0.717) is 24.5 Å². The monoisotopic (exact) mass is 436 g/mol. The highest BCUT2D eigenvalue weighted by atomic mass is 32.2. The fourth-order valence-corrected chi connectivity index (χ4v) is 4.18. The number of benzene rings is 1. The molecule has 4 nitrogen and oxygen atoms in total. The molecule has 1 aromatic carbocycles. The maximum absolute atomic E-state index is 11.6. The number of esters is 1. The van der Waals surface area contributed by atoms with Crippen LogP contribution < -0.4 is 0 Å². The number of hydrogen-bond donors (Lipinski definition) is 1. The lowest BCUT2D eigenvalue weighted by atomic mass is 10.0. The Hall–Kier alpha value is -1.49. The number of unbranched alkanes of at least 4 members (excludes halogenated alkanes) is 10. The van der Waals surface area contributed by atoms with Gasteiger partial charge in [0.05, 0.1) is 19.4 Å². The number of thioether (sulfide) groups is 1. The molecule has 5 heteroatoms. The SMILES string of the molecule is O=C(O)CCSCCC(=O)OCCCCCCCCCCCCCc1ccccc1. The van der Waals surface area contributed by atoms with Gasteiger partial charge in [-0.05, 0) is 24.8 Å². The summed E-state index contributed by atoms with van der Waals surface area (Å²) in [7, 11) is 0. The third-order valence-corrected chi connectivity index (χ3v) is 6.11. The minimum Gasteiger partial charge on any atom is -0.481 e. The molecule has 30 heavy (non-hydrogen) atoms. The van der Waals surface area contributed by atoms with Crippen LogP contribution in [-0.2, 0) is 20.7 Å². The molecule has 0 saturated heterocycles. The lowest BCUT2D eigenvalue weighted by molar-refractivity contribution is -0.143. The van der Waals surface area contributed by atoms with Crippen LogP contribution in [0.25, 0.3) is 0 Å². The van der Waals surface area contributed by atoms with Crippen molar-refractivity contribution in [3.63, 3.8) is 0 Å². The van der Waals surface area contributed by atoms with Crippen LogP contribution in [0.2, 0.25) is 0 Å². The first-order valence-corrected chi connectivity index (χ1v) is 12.8. The van der Waals surface area contributed by atoms with E-state index in [-0.39, 0.29) is 12.4 Å². The van der Waals surface area contributed by atoms with Crippen LogP contribution in [0.15, 0.2) is 30.3 Å². The number of carbonyl (C=O) groups excluding carboxylic acids is 1. The van der Waals surface area contributed by atoms with Crippen molar-refractivity contribution in [3.8, 4) is 0 Å². The molecule has 0 aliphatic carbocycles. The summed E-state index contributed by atoms with van der Waals surface area (Å²) >= 11 is 1.49. The van der Waals surface area contributed by atoms with Gasteiger partial charge in [0.1, 0.15) is 0 Å². The van der Waals surface area contributed by atoms with Gasteiger partial charge in [0.25, 0.3) is 0 Å². The highest BCUT2D eigenvalue weighted by Gasteiger charge is 2.03. The number of hydrogen-bond acceptors (Lipinski definition) is 4. The lowest BCUT2D eigenvalue weighted by Crippen LogP contribution is -2.07. The smallest absolute Gasteiger partial charge is 0.306 e. The Balaban J connectivity index is 1.74. The van der Waals surface area contributed by atoms with Gasteiger partial charge in [-0.1, -0.05) is 88.1 Å². The Labute approximate surface area is 187 Å².